The van der Waals surface area contributed by atoms with Crippen LogP contribution in [0.2, 0.25) is 0 Å². The Morgan fingerprint density at radius 2 is 1.94 bits per heavy atom. The first kappa shape index (κ1) is 11.1. The van der Waals surface area contributed by atoms with Crippen molar-refractivity contribution in [2.45, 2.75) is 18.9 Å². The molecule has 0 bridgehead atoms. The molecule has 0 saturated carbocycles. The molecule has 0 saturated heterocycles. The zero-order valence-electron chi connectivity index (χ0n) is 8.75. The van der Waals surface area contributed by atoms with Crippen LogP contribution in [0.3, 0.4) is 0 Å². The van der Waals surface area contributed by atoms with Crippen LogP contribution in [0, 0.1) is 11.6 Å². The third-order valence-corrected chi connectivity index (χ3v) is 2.48. The van der Waals surface area contributed by atoms with Crippen molar-refractivity contribution in [2.75, 3.05) is 6.61 Å². The maximum absolute atomic E-state index is 12.9. The lowest BCUT2D eigenvalue weighted by molar-refractivity contribution is 0.224. The van der Waals surface area contributed by atoms with Gasteiger partial charge in [-0.15, -0.1) is 0 Å². The van der Waals surface area contributed by atoms with Gasteiger partial charge in [-0.3, -0.25) is 0 Å². The molecule has 1 heterocycles. The zero-order valence-corrected chi connectivity index (χ0v) is 8.75. The van der Waals surface area contributed by atoms with Crippen molar-refractivity contribution in [1.82, 2.24) is 0 Å². The van der Waals surface area contributed by atoms with E-state index < -0.39 is 11.6 Å². The second-order valence-corrected chi connectivity index (χ2v) is 3.83. The number of hydrogen-bond donors (Lipinski definition) is 1. The Hall–Kier alpha value is -1.42. The summed E-state index contributed by atoms with van der Waals surface area (Å²) in [7, 11) is 0. The molecule has 1 atom stereocenters. The zero-order chi connectivity index (χ0) is 11.5. The molecule has 1 aliphatic heterocycles. The Labute approximate surface area is 92.7 Å². The van der Waals surface area contributed by atoms with E-state index in [2.05, 4.69) is 0 Å². The van der Waals surface area contributed by atoms with Crippen LogP contribution in [0.4, 0.5) is 8.78 Å². The SMILES string of the molecule is NC(Cc1cc(F)cc(F)c1)C1=CCCO1. The van der Waals surface area contributed by atoms with Gasteiger partial charge in [0.1, 0.15) is 17.4 Å². The average molecular weight is 225 g/mol. The highest BCUT2D eigenvalue weighted by Gasteiger charge is 2.15. The molecule has 2 rings (SSSR count). The summed E-state index contributed by atoms with van der Waals surface area (Å²) in [4.78, 5) is 0. The van der Waals surface area contributed by atoms with Crippen LogP contribution in [-0.2, 0) is 11.2 Å². The summed E-state index contributed by atoms with van der Waals surface area (Å²) in [5.41, 5.74) is 6.42. The molecule has 1 aromatic rings. The van der Waals surface area contributed by atoms with E-state index in [-0.39, 0.29) is 6.04 Å². The Balaban J connectivity index is 2.08. The topological polar surface area (TPSA) is 35.2 Å². The maximum Gasteiger partial charge on any atom is 0.126 e. The maximum atomic E-state index is 12.9. The second kappa shape index (κ2) is 4.61. The fourth-order valence-corrected chi connectivity index (χ4v) is 1.78. The van der Waals surface area contributed by atoms with Gasteiger partial charge in [0.15, 0.2) is 0 Å². The first-order chi connectivity index (χ1) is 7.65. The molecule has 1 unspecified atom stereocenters. The lowest BCUT2D eigenvalue weighted by Gasteiger charge is -2.13. The molecular formula is C12H13F2NO. The smallest absolute Gasteiger partial charge is 0.126 e. The number of ether oxygens (including phenoxy) is 1. The van der Waals surface area contributed by atoms with Crippen LogP contribution < -0.4 is 5.73 Å². The normalized spacial score (nSPS) is 16.8. The molecule has 0 aromatic heterocycles. The number of rotatable bonds is 3. The van der Waals surface area contributed by atoms with Crippen molar-refractivity contribution in [1.29, 1.82) is 0 Å². The van der Waals surface area contributed by atoms with Crippen LogP contribution in [0.25, 0.3) is 0 Å². The molecule has 0 amide bonds. The molecule has 16 heavy (non-hydrogen) atoms. The van der Waals surface area contributed by atoms with E-state index in [1.165, 1.54) is 12.1 Å². The van der Waals surface area contributed by atoms with Gasteiger partial charge in [0, 0.05) is 12.5 Å². The summed E-state index contributed by atoms with van der Waals surface area (Å²) in [5, 5.41) is 0. The Kier molecular flexibility index (Phi) is 3.19. The van der Waals surface area contributed by atoms with Gasteiger partial charge in [-0.1, -0.05) is 0 Å². The van der Waals surface area contributed by atoms with Crippen LogP contribution in [-0.4, -0.2) is 12.6 Å². The van der Waals surface area contributed by atoms with Crippen molar-refractivity contribution in [3.8, 4) is 0 Å². The largest absolute Gasteiger partial charge is 0.496 e. The first-order valence-corrected chi connectivity index (χ1v) is 5.18. The molecule has 0 radical (unpaired) electrons. The van der Waals surface area contributed by atoms with E-state index in [0.717, 1.165) is 12.5 Å². The van der Waals surface area contributed by atoms with Crippen molar-refractivity contribution >= 4 is 0 Å². The summed E-state index contributed by atoms with van der Waals surface area (Å²) < 4.78 is 31.2. The predicted molar refractivity (Wildman–Crippen MR) is 56.7 cm³/mol. The lowest BCUT2D eigenvalue weighted by Crippen LogP contribution is -2.25. The summed E-state index contributed by atoms with van der Waals surface area (Å²) >= 11 is 0. The Morgan fingerprint density at radius 3 is 2.50 bits per heavy atom. The molecule has 4 heteroatoms. The highest BCUT2D eigenvalue weighted by atomic mass is 19.1. The van der Waals surface area contributed by atoms with E-state index in [0.29, 0.717) is 24.4 Å². The molecular weight excluding hydrogens is 212 g/mol. The Morgan fingerprint density at radius 1 is 1.25 bits per heavy atom. The fraction of sp³-hybridized carbons (Fsp3) is 0.333. The van der Waals surface area contributed by atoms with Crippen molar-refractivity contribution < 1.29 is 13.5 Å². The molecule has 0 spiro atoms. The number of hydrogen-bond acceptors (Lipinski definition) is 2. The molecule has 0 fully saturated rings. The summed E-state index contributed by atoms with van der Waals surface area (Å²) in [6.07, 6.45) is 3.14. The van der Waals surface area contributed by atoms with Gasteiger partial charge in [-0.25, -0.2) is 8.78 Å². The predicted octanol–water partition coefficient (Wildman–Crippen LogP) is 2.14. The van der Waals surface area contributed by atoms with Gasteiger partial charge in [-0.05, 0) is 30.2 Å². The molecule has 0 aliphatic carbocycles. The molecule has 86 valence electrons. The van der Waals surface area contributed by atoms with Crippen molar-refractivity contribution in [3.05, 3.63) is 47.2 Å². The third-order valence-electron chi connectivity index (χ3n) is 2.48. The van der Waals surface area contributed by atoms with E-state index in [1.807, 2.05) is 6.08 Å². The van der Waals surface area contributed by atoms with Crippen LogP contribution in [0.15, 0.2) is 30.0 Å². The highest BCUT2D eigenvalue weighted by molar-refractivity contribution is 5.21. The molecule has 1 aromatic carbocycles. The minimum atomic E-state index is -0.580. The second-order valence-electron chi connectivity index (χ2n) is 3.83. The highest BCUT2D eigenvalue weighted by Crippen LogP contribution is 2.17. The molecule has 2 nitrogen and oxygen atoms in total. The lowest BCUT2D eigenvalue weighted by atomic mass is 10.0. The van der Waals surface area contributed by atoms with E-state index in [9.17, 15) is 8.78 Å². The van der Waals surface area contributed by atoms with Crippen LogP contribution >= 0.6 is 0 Å². The number of benzene rings is 1. The van der Waals surface area contributed by atoms with E-state index in [1.54, 1.807) is 0 Å². The van der Waals surface area contributed by atoms with Gasteiger partial charge < -0.3 is 10.5 Å². The van der Waals surface area contributed by atoms with Gasteiger partial charge >= 0.3 is 0 Å². The summed E-state index contributed by atoms with van der Waals surface area (Å²) in [6, 6.07) is 3.10. The van der Waals surface area contributed by atoms with Gasteiger partial charge in [0.25, 0.3) is 0 Å². The average Bonchev–Trinajstić information content (AvgIpc) is 2.68. The van der Waals surface area contributed by atoms with Crippen LogP contribution in [0.5, 0.6) is 0 Å². The van der Waals surface area contributed by atoms with Crippen molar-refractivity contribution in [3.63, 3.8) is 0 Å². The monoisotopic (exact) mass is 225 g/mol. The van der Waals surface area contributed by atoms with Gasteiger partial charge in [0.2, 0.25) is 0 Å². The first-order valence-electron chi connectivity index (χ1n) is 5.18. The third kappa shape index (κ3) is 2.58. The van der Waals surface area contributed by atoms with E-state index in [4.69, 9.17) is 10.5 Å². The van der Waals surface area contributed by atoms with Crippen molar-refractivity contribution in [2.24, 2.45) is 5.73 Å². The van der Waals surface area contributed by atoms with Gasteiger partial charge in [-0.2, -0.15) is 0 Å². The summed E-state index contributed by atoms with van der Waals surface area (Å²) in [5.74, 6) is -0.447. The number of nitrogens with two attached hydrogens (primary N) is 1. The molecule has 2 N–H and O–H groups in total. The quantitative estimate of drug-likeness (QED) is 0.855. The summed E-state index contributed by atoms with van der Waals surface area (Å²) in [6.45, 7) is 0.639. The number of halogens is 2. The standard InChI is InChI=1S/C12H13F2NO/c13-9-4-8(5-10(14)7-9)6-11(15)12-2-1-3-16-12/h2,4-5,7,11H,1,3,6,15H2. The van der Waals surface area contributed by atoms with Crippen LogP contribution in [0.1, 0.15) is 12.0 Å². The Bertz CT molecular complexity index is 397. The van der Waals surface area contributed by atoms with E-state index >= 15 is 0 Å². The minimum absolute atomic E-state index is 0.330. The minimum Gasteiger partial charge on any atom is -0.496 e. The van der Waals surface area contributed by atoms with Gasteiger partial charge in [0.05, 0.1) is 12.6 Å². The fourth-order valence-electron chi connectivity index (χ4n) is 1.78. The molecule has 1 aliphatic rings.